The van der Waals surface area contributed by atoms with E-state index in [1.54, 1.807) is 11.3 Å². The molecule has 7 nitrogen and oxygen atoms in total. The van der Waals surface area contributed by atoms with Crippen molar-refractivity contribution in [2.75, 3.05) is 32.1 Å². The first-order valence-electron chi connectivity index (χ1n) is 8.63. The fourth-order valence-electron chi connectivity index (χ4n) is 3.35. The van der Waals surface area contributed by atoms with Crippen LogP contribution in [0.2, 0.25) is 0 Å². The number of anilines is 1. The summed E-state index contributed by atoms with van der Waals surface area (Å²) in [4.78, 5) is 9.06. The van der Waals surface area contributed by atoms with E-state index in [-0.39, 0.29) is 0 Å². The Balaban J connectivity index is 1.47. The molecule has 0 bridgehead atoms. The Morgan fingerprint density at radius 2 is 2.00 bits per heavy atom. The number of aromatic nitrogens is 5. The molecule has 1 aliphatic heterocycles. The minimum Gasteiger partial charge on any atom is -0.361 e. The fraction of sp³-hybridized carbons (Fsp3) is 0.529. The van der Waals surface area contributed by atoms with E-state index in [9.17, 15) is 0 Å². The molecule has 0 aliphatic carbocycles. The second-order valence-electron chi connectivity index (χ2n) is 6.82. The zero-order valence-corrected chi connectivity index (χ0v) is 15.7. The highest BCUT2D eigenvalue weighted by molar-refractivity contribution is 7.09. The average molecular weight is 357 g/mol. The Bertz CT molecular complexity index is 861. The Labute approximate surface area is 151 Å². The monoisotopic (exact) mass is 357 g/mol. The third-order valence-corrected chi connectivity index (χ3v) is 5.56. The van der Waals surface area contributed by atoms with Gasteiger partial charge in [-0.3, -0.25) is 4.90 Å². The van der Waals surface area contributed by atoms with Crippen LogP contribution in [-0.2, 0) is 6.54 Å². The number of hydrogen-bond acceptors (Lipinski definition) is 7. The van der Waals surface area contributed by atoms with Gasteiger partial charge in [-0.25, -0.2) is 4.98 Å². The lowest BCUT2D eigenvalue weighted by molar-refractivity contribution is 0.199. The van der Waals surface area contributed by atoms with Gasteiger partial charge in [0.1, 0.15) is 5.82 Å². The summed E-state index contributed by atoms with van der Waals surface area (Å²) in [7, 11) is 3.99. The maximum atomic E-state index is 4.69. The number of piperidine rings is 1. The van der Waals surface area contributed by atoms with Crippen LogP contribution in [0.5, 0.6) is 0 Å². The predicted molar refractivity (Wildman–Crippen MR) is 99.2 cm³/mol. The van der Waals surface area contributed by atoms with Crippen molar-refractivity contribution in [3.05, 3.63) is 34.0 Å². The molecule has 1 aliphatic rings. The third kappa shape index (κ3) is 3.36. The molecule has 1 saturated heterocycles. The second-order valence-corrected chi connectivity index (χ2v) is 7.88. The van der Waals surface area contributed by atoms with E-state index in [4.69, 9.17) is 5.10 Å². The molecule has 0 amide bonds. The Kier molecular flexibility index (Phi) is 4.39. The SMILES string of the molecule is Cc1nc(CN2CCC(c3nnc4ccc(N(C)C)nn34)CC2)cs1. The van der Waals surface area contributed by atoms with Crippen molar-refractivity contribution in [1.82, 2.24) is 29.7 Å². The number of aryl methyl sites for hydroxylation is 1. The lowest BCUT2D eigenvalue weighted by Crippen LogP contribution is -2.33. The number of thiazole rings is 1. The Morgan fingerprint density at radius 1 is 1.20 bits per heavy atom. The summed E-state index contributed by atoms with van der Waals surface area (Å²) in [5.41, 5.74) is 2.01. The van der Waals surface area contributed by atoms with Gasteiger partial charge < -0.3 is 4.90 Å². The van der Waals surface area contributed by atoms with E-state index < -0.39 is 0 Å². The van der Waals surface area contributed by atoms with Crippen LogP contribution in [0.3, 0.4) is 0 Å². The molecule has 3 aromatic rings. The maximum Gasteiger partial charge on any atom is 0.178 e. The van der Waals surface area contributed by atoms with Crippen LogP contribution in [0, 0.1) is 6.92 Å². The van der Waals surface area contributed by atoms with Gasteiger partial charge in [-0.15, -0.1) is 26.6 Å². The summed E-state index contributed by atoms with van der Waals surface area (Å²) in [5, 5.41) is 16.7. The van der Waals surface area contributed by atoms with E-state index in [0.717, 1.165) is 54.8 Å². The Hall–Kier alpha value is -2.06. The smallest absolute Gasteiger partial charge is 0.178 e. The van der Waals surface area contributed by atoms with Crippen molar-refractivity contribution < 1.29 is 0 Å². The summed E-state index contributed by atoms with van der Waals surface area (Å²) in [6.07, 6.45) is 2.16. The van der Waals surface area contributed by atoms with Crippen molar-refractivity contribution >= 4 is 22.8 Å². The molecule has 25 heavy (non-hydrogen) atoms. The zero-order chi connectivity index (χ0) is 17.4. The van der Waals surface area contributed by atoms with Crippen LogP contribution in [-0.4, -0.2) is 56.9 Å². The topological polar surface area (TPSA) is 62.5 Å². The molecule has 0 spiro atoms. The van der Waals surface area contributed by atoms with E-state index in [1.165, 1.54) is 5.69 Å². The highest BCUT2D eigenvalue weighted by atomic mass is 32.1. The van der Waals surface area contributed by atoms with Crippen LogP contribution in [0.1, 0.15) is 35.3 Å². The quantitative estimate of drug-likeness (QED) is 0.714. The molecule has 0 radical (unpaired) electrons. The Morgan fingerprint density at radius 3 is 2.68 bits per heavy atom. The molecular weight excluding hydrogens is 334 g/mol. The lowest BCUT2D eigenvalue weighted by Gasteiger charge is -2.30. The maximum absolute atomic E-state index is 4.69. The van der Waals surface area contributed by atoms with Gasteiger partial charge in [-0.05, 0) is 45.0 Å². The average Bonchev–Trinajstić information content (AvgIpc) is 3.21. The molecule has 0 atom stereocenters. The summed E-state index contributed by atoms with van der Waals surface area (Å²) in [5.74, 6) is 2.32. The largest absolute Gasteiger partial charge is 0.361 e. The minimum absolute atomic E-state index is 0.410. The molecule has 132 valence electrons. The normalized spacial score (nSPS) is 16.6. The van der Waals surface area contributed by atoms with Gasteiger partial charge in [0, 0.05) is 31.9 Å². The zero-order valence-electron chi connectivity index (χ0n) is 14.9. The van der Waals surface area contributed by atoms with Crippen molar-refractivity contribution in [3.63, 3.8) is 0 Å². The van der Waals surface area contributed by atoms with Crippen molar-refractivity contribution in [2.45, 2.75) is 32.2 Å². The lowest BCUT2D eigenvalue weighted by atomic mass is 9.96. The molecular formula is C17H23N7S. The van der Waals surface area contributed by atoms with Gasteiger partial charge >= 0.3 is 0 Å². The fourth-order valence-corrected chi connectivity index (χ4v) is 3.95. The van der Waals surface area contributed by atoms with Crippen LogP contribution in [0.15, 0.2) is 17.5 Å². The van der Waals surface area contributed by atoms with Gasteiger partial charge in [-0.2, -0.15) is 4.52 Å². The number of rotatable bonds is 4. The first-order chi connectivity index (χ1) is 12.1. The van der Waals surface area contributed by atoms with Gasteiger partial charge in [0.15, 0.2) is 11.5 Å². The van der Waals surface area contributed by atoms with E-state index in [0.29, 0.717) is 5.92 Å². The number of fused-ring (bicyclic) bond motifs is 1. The summed E-state index contributed by atoms with van der Waals surface area (Å²) < 4.78 is 1.92. The van der Waals surface area contributed by atoms with Crippen LogP contribution < -0.4 is 4.90 Å². The highest BCUT2D eigenvalue weighted by Gasteiger charge is 2.25. The molecule has 0 N–H and O–H groups in total. The predicted octanol–water partition coefficient (Wildman–Crippen LogP) is 2.33. The number of hydrogen-bond donors (Lipinski definition) is 0. The molecule has 4 heterocycles. The van der Waals surface area contributed by atoms with E-state index >= 15 is 0 Å². The summed E-state index contributed by atoms with van der Waals surface area (Å²) in [6, 6.07) is 3.96. The molecule has 1 fully saturated rings. The van der Waals surface area contributed by atoms with Crippen molar-refractivity contribution in [2.24, 2.45) is 0 Å². The molecule has 8 heteroatoms. The summed E-state index contributed by atoms with van der Waals surface area (Å²) >= 11 is 1.72. The minimum atomic E-state index is 0.410. The molecule has 0 aromatic carbocycles. The number of nitrogens with zero attached hydrogens (tertiary/aromatic N) is 7. The van der Waals surface area contributed by atoms with Crippen LogP contribution in [0.4, 0.5) is 5.82 Å². The third-order valence-electron chi connectivity index (χ3n) is 4.74. The van der Waals surface area contributed by atoms with Crippen LogP contribution >= 0.6 is 11.3 Å². The van der Waals surface area contributed by atoms with E-state index in [2.05, 4.69) is 32.4 Å². The molecule has 0 saturated carbocycles. The highest BCUT2D eigenvalue weighted by Crippen LogP contribution is 2.28. The van der Waals surface area contributed by atoms with Gasteiger partial charge in [0.25, 0.3) is 0 Å². The second kappa shape index (κ2) is 6.68. The van der Waals surface area contributed by atoms with Gasteiger partial charge in [-0.1, -0.05) is 0 Å². The van der Waals surface area contributed by atoms with Crippen LogP contribution in [0.25, 0.3) is 5.65 Å². The first kappa shape index (κ1) is 16.4. The van der Waals surface area contributed by atoms with Crippen molar-refractivity contribution in [3.8, 4) is 0 Å². The summed E-state index contributed by atoms with van der Waals surface area (Å²) in [6.45, 7) is 5.12. The molecule has 3 aromatic heterocycles. The molecule has 4 rings (SSSR count). The van der Waals surface area contributed by atoms with Gasteiger partial charge in [0.05, 0.1) is 10.7 Å². The first-order valence-corrected chi connectivity index (χ1v) is 9.51. The number of likely N-dealkylation sites (tertiary alicyclic amines) is 1. The van der Waals surface area contributed by atoms with Gasteiger partial charge in [0.2, 0.25) is 0 Å². The van der Waals surface area contributed by atoms with Crippen molar-refractivity contribution in [1.29, 1.82) is 0 Å². The molecule has 0 unspecified atom stereocenters. The standard InChI is InChI=1S/C17H23N7S/c1-12-18-14(11-25-12)10-23-8-6-13(7-9-23)17-20-19-15-4-5-16(22(2)3)21-24(15)17/h4-5,11,13H,6-10H2,1-3H3. The van der Waals surface area contributed by atoms with E-state index in [1.807, 2.05) is 35.6 Å².